The van der Waals surface area contributed by atoms with Crippen molar-refractivity contribution in [3.05, 3.63) is 69.5 Å². The lowest BCUT2D eigenvalue weighted by Gasteiger charge is -2.05. The first kappa shape index (κ1) is 17.9. The second-order valence-corrected chi connectivity index (χ2v) is 5.41. The molecular weight excluding hydrogens is 356 g/mol. The van der Waals surface area contributed by atoms with Crippen molar-refractivity contribution in [1.29, 1.82) is 0 Å². The second kappa shape index (κ2) is 8.42. The fourth-order valence-electron chi connectivity index (χ4n) is 1.74. The number of nitrogens with zero attached hydrogens (tertiary/aromatic N) is 1. The summed E-state index contributed by atoms with van der Waals surface area (Å²) >= 11 is 11.9. The molecule has 0 aliphatic heterocycles. The van der Waals surface area contributed by atoms with Crippen LogP contribution in [0.1, 0.15) is 15.9 Å². The van der Waals surface area contributed by atoms with Crippen LogP contribution in [-0.4, -0.2) is 24.6 Å². The molecule has 0 radical (unpaired) electrons. The zero-order valence-electron chi connectivity index (χ0n) is 12.2. The average Bonchev–Trinajstić information content (AvgIpc) is 2.56. The van der Waals surface area contributed by atoms with Gasteiger partial charge in [0.15, 0.2) is 0 Å². The number of carbonyl (C=O) groups is 2. The van der Waals surface area contributed by atoms with E-state index in [1.54, 1.807) is 18.2 Å². The number of hydrazone groups is 1. The van der Waals surface area contributed by atoms with Crippen LogP contribution in [0.4, 0.5) is 4.39 Å². The lowest BCUT2D eigenvalue weighted by atomic mass is 10.2. The Balaban J connectivity index is 1.87. The Bertz CT molecular complexity index is 776. The Hall–Kier alpha value is -2.44. The number of halogens is 3. The van der Waals surface area contributed by atoms with E-state index in [-0.39, 0.29) is 12.1 Å². The highest BCUT2D eigenvalue weighted by Crippen LogP contribution is 2.21. The van der Waals surface area contributed by atoms with Gasteiger partial charge in [0.2, 0.25) is 0 Å². The molecule has 5 nitrogen and oxygen atoms in total. The summed E-state index contributed by atoms with van der Waals surface area (Å²) < 4.78 is 13.4. The molecule has 124 valence electrons. The van der Waals surface area contributed by atoms with Gasteiger partial charge in [-0.25, -0.2) is 9.82 Å². The molecule has 8 heteroatoms. The van der Waals surface area contributed by atoms with Crippen LogP contribution in [0.2, 0.25) is 10.0 Å². The average molecular weight is 368 g/mol. The molecular formula is C16H12Cl2FN3O2. The van der Waals surface area contributed by atoms with Crippen LogP contribution < -0.4 is 10.7 Å². The molecule has 0 atom stereocenters. The third-order valence-corrected chi connectivity index (χ3v) is 3.57. The Morgan fingerprint density at radius 3 is 2.42 bits per heavy atom. The summed E-state index contributed by atoms with van der Waals surface area (Å²) in [5.74, 6) is -1.94. The van der Waals surface area contributed by atoms with E-state index >= 15 is 0 Å². The van der Waals surface area contributed by atoms with Crippen LogP contribution in [0.5, 0.6) is 0 Å². The maximum Gasteiger partial charge on any atom is 0.259 e. The summed E-state index contributed by atoms with van der Waals surface area (Å²) in [6.07, 6.45) is 1.29. The van der Waals surface area contributed by atoms with E-state index in [4.69, 9.17) is 23.2 Å². The lowest BCUT2D eigenvalue weighted by molar-refractivity contribution is -0.120. The molecule has 0 saturated carbocycles. The first-order chi connectivity index (χ1) is 11.5. The van der Waals surface area contributed by atoms with E-state index in [9.17, 15) is 14.0 Å². The van der Waals surface area contributed by atoms with Gasteiger partial charge in [0.05, 0.1) is 28.4 Å². The van der Waals surface area contributed by atoms with Gasteiger partial charge in [-0.1, -0.05) is 41.4 Å². The monoisotopic (exact) mass is 367 g/mol. The van der Waals surface area contributed by atoms with Crippen molar-refractivity contribution in [2.45, 2.75) is 0 Å². The van der Waals surface area contributed by atoms with Gasteiger partial charge in [0.1, 0.15) is 5.82 Å². The molecule has 0 aliphatic carbocycles. The standard InChI is InChI=1S/C16H12Cl2FN3O2/c17-12-5-3-6-13(18)11(12)8-21-22-15(23)9-20-16(24)10-4-1-2-7-14(10)19/h1-8H,9H2,(H,20,24)(H,22,23)/b21-8-. The highest BCUT2D eigenvalue weighted by molar-refractivity contribution is 6.38. The smallest absolute Gasteiger partial charge is 0.259 e. The van der Waals surface area contributed by atoms with Crippen molar-refractivity contribution in [3.8, 4) is 0 Å². The van der Waals surface area contributed by atoms with Crippen LogP contribution in [0.25, 0.3) is 0 Å². The zero-order chi connectivity index (χ0) is 17.5. The summed E-state index contributed by atoms with van der Waals surface area (Å²) in [5.41, 5.74) is 2.52. The molecule has 0 saturated heterocycles. The molecule has 2 N–H and O–H groups in total. The Morgan fingerprint density at radius 2 is 1.75 bits per heavy atom. The van der Waals surface area contributed by atoms with Crippen molar-refractivity contribution < 1.29 is 14.0 Å². The van der Waals surface area contributed by atoms with E-state index in [2.05, 4.69) is 15.8 Å². The first-order valence-electron chi connectivity index (χ1n) is 6.77. The van der Waals surface area contributed by atoms with Crippen molar-refractivity contribution in [3.63, 3.8) is 0 Å². The second-order valence-electron chi connectivity index (χ2n) is 4.59. The minimum Gasteiger partial charge on any atom is -0.343 e. The van der Waals surface area contributed by atoms with Crippen LogP contribution in [0.15, 0.2) is 47.6 Å². The van der Waals surface area contributed by atoms with E-state index < -0.39 is 17.6 Å². The number of hydrogen-bond donors (Lipinski definition) is 2. The molecule has 2 amide bonds. The summed E-state index contributed by atoms with van der Waals surface area (Å²) in [6.45, 7) is -0.360. The Kier molecular flexibility index (Phi) is 6.28. The molecule has 2 rings (SSSR count). The molecule has 2 aromatic rings. The number of hydrogen-bond acceptors (Lipinski definition) is 3. The van der Waals surface area contributed by atoms with E-state index in [1.807, 2.05) is 0 Å². The van der Waals surface area contributed by atoms with Crippen LogP contribution in [-0.2, 0) is 4.79 Å². The lowest BCUT2D eigenvalue weighted by Crippen LogP contribution is -2.35. The van der Waals surface area contributed by atoms with Gasteiger partial charge in [0, 0.05) is 5.56 Å². The third kappa shape index (κ3) is 4.78. The predicted octanol–water partition coefficient (Wildman–Crippen LogP) is 3.01. The van der Waals surface area contributed by atoms with E-state index in [0.29, 0.717) is 15.6 Å². The van der Waals surface area contributed by atoms with Gasteiger partial charge >= 0.3 is 0 Å². The first-order valence-corrected chi connectivity index (χ1v) is 7.53. The molecule has 24 heavy (non-hydrogen) atoms. The van der Waals surface area contributed by atoms with Crippen molar-refractivity contribution in [2.24, 2.45) is 5.10 Å². The summed E-state index contributed by atoms with van der Waals surface area (Å²) in [4.78, 5) is 23.4. The highest BCUT2D eigenvalue weighted by atomic mass is 35.5. The minimum absolute atomic E-state index is 0.142. The highest BCUT2D eigenvalue weighted by Gasteiger charge is 2.11. The zero-order valence-corrected chi connectivity index (χ0v) is 13.7. The van der Waals surface area contributed by atoms with Gasteiger partial charge in [-0.05, 0) is 24.3 Å². The van der Waals surface area contributed by atoms with Gasteiger partial charge in [-0.3, -0.25) is 9.59 Å². The van der Waals surface area contributed by atoms with Crippen molar-refractivity contribution in [1.82, 2.24) is 10.7 Å². The topological polar surface area (TPSA) is 70.6 Å². The number of rotatable bonds is 5. The minimum atomic E-state index is -0.693. The number of carbonyl (C=O) groups excluding carboxylic acids is 2. The van der Waals surface area contributed by atoms with Gasteiger partial charge in [0.25, 0.3) is 11.8 Å². The fourth-order valence-corrected chi connectivity index (χ4v) is 2.24. The number of benzene rings is 2. The summed E-state index contributed by atoms with van der Waals surface area (Å²) in [5, 5.41) is 6.77. The number of nitrogens with one attached hydrogen (secondary N) is 2. The third-order valence-electron chi connectivity index (χ3n) is 2.91. The number of amides is 2. The predicted molar refractivity (Wildman–Crippen MR) is 90.9 cm³/mol. The SMILES string of the molecule is O=C(CNC(=O)c1ccccc1F)N/N=C\c1c(Cl)cccc1Cl. The molecule has 0 heterocycles. The van der Waals surface area contributed by atoms with Gasteiger partial charge < -0.3 is 5.32 Å². The maximum absolute atomic E-state index is 13.4. The normalized spacial score (nSPS) is 10.6. The maximum atomic E-state index is 13.4. The summed E-state index contributed by atoms with van der Waals surface area (Å²) in [7, 11) is 0. The Morgan fingerprint density at radius 1 is 1.08 bits per heavy atom. The molecule has 0 aromatic heterocycles. The van der Waals surface area contributed by atoms with Crippen LogP contribution in [0, 0.1) is 5.82 Å². The van der Waals surface area contributed by atoms with Crippen molar-refractivity contribution in [2.75, 3.05) is 6.54 Å². The van der Waals surface area contributed by atoms with Gasteiger partial charge in [-0.15, -0.1) is 0 Å². The van der Waals surface area contributed by atoms with Crippen LogP contribution >= 0.6 is 23.2 Å². The molecule has 0 unspecified atom stereocenters. The van der Waals surface area contributed by atoms with E-state index in [0.717, 1.165) is 6.07 Å². The molecule has 0 spiro atoms. The quantitative estimate of drug-likeness (QED) is 0.629. The molecule has 2 aromatic carbocycles. The fraction of sp³-hybridized carbons (Fsp3) is 0.0625. The largest absolute Gasteiger partial charge is 0.343 e. The van der Waals surface area contributed by atoms with Crippen LogP contribution in [0.3, 0.4) is 0 Å². The van der Waals surface area contributed by atoms with E-state index in [1.165, 1.54) is 24.4 Å². The molecule has 0 bridgehead atoms. The van der Waals surface area contributed by atoms with Crippen molar-refractivity contribution >= 4 is 41.2 Å². The molecule has 0 aliphatic rings. The molecule has 0 fully saturated rings. The Labute approximate surface area is 147 Å². The van der Waals surface area contributed by atoms with Gasteiger partial charge in [-0.2, -0.15) is 5.10 Å². The summed E-state index contributed by atoms with van der Waals surface area (Å²) in [6, 6.07) is 10.4.